The maximum absolute atomic E-state index is 13.2. The molecule has 1 heterocycles. The Kier molecular flexibility index (Phi) is 7.97. The number of carbonyl (C=O) groups is 2. The van der Waals surface area contributed by atoms with Gasteiger partial charge in [0.05, 0.1) is 13.5 Å². The molecule has 0 aliphatic carbocycles. The highest BCUT2D eigenvalue weighted by molar-refractivity contribution is 6.30. The molecule has 6 heteroatoms. The Hall–Kier alpha value is -2.53. The Labute approximate surface area is 189 Å². The summed E-state index contributed by atoms with van der Waals surface area (Å²) in [7, 11) is 1.59. The zero-order valence-electron chi connectivity index (χ0n) is 18.4. The number of nitrogens with one attached hydrogen (secondary N) is 1. The third kappa shape index (κ3) is 6.01. The molecule has 1 N–H and O–H groups in total. The molecule has 0 aromatic heterocycles. The van der Waals surface area contributed by atoms with Gasteiger partial charge in [-0.2, -0.15) is 0 Å². The summed E-state index contributed by atoms with van der Waals surface area (Å²) in [5.41, 5.74) is 2.07. The van der Waals surface area contributed by atoms with Crippen LogP contribution in [-0.4, -0.2) is 43.0 Å². The molecule has 2 amide bonds. The lowest BCUT2D eigenvalue weighted by Gasteiger charge is -2.35. The number of hydrogen-bond donors (Lipinski definition) is 1. The molecule has 2 aromatic rings. The number of nitrogens with zero attached hydrogens (tertiary/aromatic N) is 1. The first-order valence-corrected chi connectivity index (χ1v) is 11.2. The summed E-state index contributed by atoms with van der Waals surface area (Å²) in [6.07, 6.45) is 2.00. The lowest BCUT2D eigenvalue weighted by atomic mass is 9.89. The van der Waals surface area contributed by atoms with Crippen molar-refractivity contribution in [3.63, 3.8) is 0 Å². The molecule has 0 unspecified atom stereocenters. The van der Waals surface area contributed by atoms with Gasteiger partial charge in [0.25, 0.3) is 0 Å². The summed E-state index contributed by atoms with van der Waals surface area (Å²) in [6.45, 7) is 5.31. The number of hydrogen-bond acceptors (Lipinski definition) is 3. The summed E-state index contributed by atoms with van der Waals surface area (Å²) in [5.74, 6) is 0.932. The molecule has 0 spiro atoms. The fourth-order valence-electron chi connectivity index (χ4n) is 4.12. The van der Waals surface area contributed by atoms with Crippen LogP contribution in [0, 0.1) is 5.92 Å². The van der Waals surface area contributed by atoms with E-state index in [2.05, 4.69) is 17.4 Å². The molecule has 31 heavy (non-hydrogen) atoms. The van der Waals surface area contributed by atoms with Crippen LogP contribution >= 0.6 is 11.6 Å². The van der Waals surface area contributed by atoms with E-state index in [9.17, 15) is 9.59 Å². The molecule has 1 aliphatic rings. The fourth-order valence-corrected chi connectivity index (χ4v) is 4.25. The quantitative estimate of drug-likeness (QED) is 0.689. The van der Waals surface area contributed by atoms with E-state index in [-0.39, 0.29) is 24.2 Å². The van der Waals surface area contributed by atoms with Crippen molar-refractivity contribution in [1.82, 2.24) is 10.2 Å². The zero-order valence-corrected chi connectivity index (χ0v) is 19.2. The van der Waals surface area contributed by atoms with Crippen LogP contribution in [0.4, 0.5) is 0 Å². The lowest BCUT2D eigenvalue weighted by Crippen LogP contribution is -2.53. The standard InChI is InChI=1S/C25H31ClN2O3/c1-17(2)24(27-23(29)16-20-6-4-5-7-22(20)31-3)25(30)28-14-12-19(13-15-28)18-8-10-21(26)11-9-18/h4-11,17,19,24H,12-16H2,1-3H3,(H,27,29)/t24-/m1/s1. The minimum absolute atomic E-state index is 0.00191. The van der Waals surface area contributed by atoms with Crippen molar-refractivity contribution in [2.24, 2.45) is 5.92 Å². The number of rotatable bonds is 7. The molecule has 166 valence electrons. The molecule has 1 saturated heterocycles. The van der Waals surface area contributed by atoms with Crippen LogP contribution in [0.3, 0.4) is 0 Å². The monoisotopic (exact) mass is 442 g/mol. The number of methoxy groups -OCH3 is 1. The van der Waals surface area contributed by atoms with Gasteiger partial charge in [-0.15, -0.1) is 0 Å². The molecule has 0 radical (unpaired) electrons. The third-order valence-electron chi connectivity index (χ3n) is 5.94. The van der Waals surface area contributed by atoms with Crippen LogP contribution in [0.1, 0.15) is 43.7 Å². The second kappa shape index (κ2) is 10.7. The first-order valence-electron chi connectivity index (χ1n) is 10.8. The van der Waals surface area contributed by atoms with Gasteiger partial charge in [-0.1, -0.05) is 55.8 Å². The van der Waals surface area contributed by atoms with Gasteiger partial charge in [0.2, 0.25) is 11.8 Å². The molecule has 0 saturated carbocycles. The molecular formula is C25H31ClN2O3. The highest BCUT2D eigenvalue weighted by atomic mass is 35.5. The van der Waals surface area contributed by atoms with Gasteiger partial charge in [0.1, 0.15) is 11.8 Å². The van der Waals surface area contributed by atoms with Gasteiger partial charge in [0, 0.05) is 23.7 Å². The normalized spacial score (nSPS) is 15.6. The van der Waals surface area contributed by atoms with Crippen molar-refractivity contribution < 1.29 is 14.3 Å². The Balaban J connectivity index is 1.59. The molecule has 1 atom stereocenters. The van der Waals surface area contributed by atoms with E-state index in [1.807, 2.05) is 55.1 Å². The number of piperidine rings is 1. The second-order valence-electron chi connectivity index (χ2n) is 8.43. The number of halogens is 1. The second-order valence-corrected chi connectivity index (χ2v) is 8.87. The summed E-state index contributed by atoms with van der Waals surface area (Å²) >= 11 is 5.99. The molecule has 1 fully saturated rings. The Bertz CT molecular complexity index is 890. The molecule has 2 aromatic carbocycles. The Morgan fingerprint density at radius 1 is 1.10 bits per heavy atom. The Morgan fingerprint density at radius 2 is 1.74 bits per heavy atom. The van der Waals surface area contributed by atoms with Crippen molar-refractivity contribution in [2.45, 2.75) is 45.1 Å². The topological polar surface area (TPSA) is 58.6 Å². The summed E-state index contributed by atoms with van der Waals surface area (Å²) in [5, 5.41) is 3.70. The Morgan fingerprint density at radius 3 is 2.35 bits per heavy atom. The first-order chi connectivity index (χ1) is 14.9. The number of carbonyl (C=O) groups excluding carboxylic acids is 2. The maximum Gasteiger partial charge on any atom is 0.245 e. The van der Waals surface area contributed by atoms with Crippen molar-refractivity contribution in [3.8, 4) is 5.75 Å². The van der Waals surface area contributed by atoms with E-state index < -0.39 is 6.04 Å². The summed E-state index contributed by atoms with van der Waals surface area (Å²) in [4.78, 5) is 27.8. The minimum atomic E-state index is -0.533. The fraction of sp³-hybridized carbons (Fsp3) is 0.440. The van der Waals surface area contributed by atoms with E-state index in [0.717, 1.165) is 23.4 Å². The van der Waals surface area contributed by atoms with Crippen LogP contribution in [0.15, 0.2) is 48.5 Å². The summed E-state index contributed by atoms with van der Waals surface area (Å²) < 4.78 is 5.33. The van der Waals surface area contributed by atoms with Crippen molar-refractivity contribution in [3.05, 3.63) is 64.7 Å². The van der Waals surface area contributed by atoms with Gasteiger partial charge in [0.15, 0.2) is 0 Å². The van der Waals surface area contributed by atoms with Gasteiger partial charge < -0.3 is 15.0 Å². The predicted octanol–water partition coefficient (Wildman–Crippen LogP) is 4.44. The van der Waals surface area contributed by atoms with Crippen LogP contribution in [0.2, 0.25) is 5.02 Å². The third-order valence-corrected chi connectivity index (χ3v) is 6.19. The van der Waals surface area contributed by atoms with Crippen LogP contribution in [-0.2, 0) is 16.0 Å². The van der Waals surface area contributed by atoms with Crippen LogP contribution in [0.25, 0.3) is 0 Å². The SMILES string of the molecule is COc1ccccc1CC(=O)N[C@@H](C(=O)N1CCC(c2ccc(Cl)cc2)CC1)C(C)C. The van der Waals surface area contributed by atoms with E-state index in [1.54, 1.807) is 7.11 Å². The average molecular weight is 443 g/mol. The first kappa shape index (κ1) is 23.1. The number of para-hydroxylation sites is 1. The van der Waals surface area contributed by atoms with Gasteiger partial charge in [-0.25, -0.2) is 0 Å². The molecule has 1 aliphatic heterocycles. The van der Waals surface area contributed by atoms with Crippen molar-refractivity contribution >= 4 is 23.4 Å². The van der Waals surface area contributed by atoms with Crippen molar-refractivity contribution in [1.29, 1.82) is 0 Å². The van der Waals surface area contributed by atoms with Crippen molar-refractivity contribution in [2.75, 3.05) is 20.2 Å². The van der Waals surface area contributed by atoms with Crippen LogP contribution in [0.5, 0.6) is 5.75 Å². The molecule has 0 bridgehead atoms. The highest BCUT2D eigenvalue weighted by Gasteiger charge is 2.31. The lowest BCUT2D eigenvalue weighted by molar-refractivity contribution is -0.138. The molecule has 5 nitrogen and oxygen atoms in total. The summed E-state index contributed by atoms with van der Waals surface area (Å²) in [6, 6.07) is 14.9. The molecule has 3 rings (SSSR count). The number of ether oxygens (including phenoxy) is 1. The van der Waals surface area contributed by atoms with Gasteiger partial charge in [-0.3, -0.25) is 9.59 Å². The van der Waals surface area contributed by atoms with Crippen LogP contribution < -0.4 is 10.1 Å². The average Bonchev–Trinajstić information content (AvgIpc) is 2.78. The smallest absolute Gasteiger partial charge is 0.245 e. The van der Waals surface area contributed by atoms with E-state index in [1.165, 1.54) is 5.56 Å². The van der Waals surface area contributed by atoms with E-state index in [4.69, 9.17) is 16.3 Å². The number of amides is 2. The molecular weight excluding hydrogens is 412 g/mol. The van der Waals surface area contributed by atoms with Gasteiger partial charge in [-0.05, 0) is 48.4 Å². The van der Waals surface area contributed by atoms with E-state index in [0.29, 0.717) is 24.8 Å². The number of benzene rings is 2. The van der Waals surface area contributed by atoms with Gasteiger partial charge >= 0.3 is 0 Å². The largest absolute Gasteiger partial charge is 0.496 e. The number of likely N-dealkylation sites (tertiary alicyclic amines) is 1. The maximum atomic E-state index is 13.2. The van der Waals surface area contributed by atoms with E-state index >= 15 is 0 Å². The minimum Gasteiger partial charge on any atom is -0.496 e. The highest BCUT2D eigenvalue weighted by Crippen LogP contribution is 2.29. The zero-order chi connectivity index (χ0) is 22.4. The predicted molar refractivity (Wildman–Crippen MR) is 123 cm³/mol.